The van der Waals surface area contributed by atoms with E-state index in [1.54, 1.807) is 0 Å². The molecule has 15 heavy (non-hydrogen) atoms. The molecular formula is C13H18N2. The lowest BCUT2D eigenvalue weighted by Crippen LogP contribution is -2.15. The molecule has 2 heteroatoms. The highest BCUT2D eigenvalue weighted by Gasteiger charge is 2.14. The van der Waals surface area contributed by atoms with Gasteiger partial charge in [-0.05, 0) is 36.5 Å². The lowest BCUT2D eigenvalue weighted by Gasteiger charge is -2.18. The first-order chi connectivity index (χ1) is 7.16. The molecule has 1 heterocycles. The molecule has 0 aliphatic carbocycles. The van der Waals surface area contributed by atoms with Gasteiger partial charge in [0.15, 0.2) is 0 Å². The Hall–Kier alpha value is -1.31. The Labute approximate surface area is 91.2 Å². The predicted molar refractivity (Wildman–Crippen MR) is 65.4 cm³/mol. The summed E-state index contributed by atoms with van der Waals surface area (Å²) in [4.78, 5) is 4.61. The van der Waals surface area contributed by atoms with E-state index in [9.17, 15) is 0 Å². The molecule has 0 aromatic heterocycles. The summed E-state index contributed by atoms with van der Waals surface area (Å²) in [6, 6.07) is 6.19. The van der Waals surface area contributed by atoms with Gasteiger partial charge in [-0.1, -0.05) is 19.9 Å². The summed E-state index contributed by atoms with van der Waals surface area (Å²) in [6.07, 6.45) is 2.10. The number of nitrogen functional groups attached to an aromatic ring is 1. The molecule has 2 N–H and O–H groups in total. The van der Waals surface area contributed by atoms with Crippen molar-refractivity contribution in [2.75, 3.05) is 12.3 Å². The number of anilines is 1. The minimum absolute atomic E-state index is 0.649. The van der Waals surface area contributed by atoms with Crippen LogP contribution < -0.4 is 5.73 Å². The number of hydrogen-bond acceptors (Lipinski definition) is 2. The third kappa shape index (κ3) is 2.20. The molecule has 0 unspecified atom stereocenters. The number of hydrogen-bond donors (Lipinski definition) is 1. The highest BCUT2D eigenvalue weighted by molar-refractivity contribution is 6.03. The predicted octanol–water partition coefficient (Wildman–Crippen LogP) is 2.66. The molecule has 2 rings (SSSR count). The van der Waals surface area contributed by atoms with Gasteiger partial charge in [-0.15, -0.1) is 0 Å². The molecule has 0 saturated carbocycles. The maximum Gasteiger partial charge on any atom is 0.0433 e. The first-order valence-corrected chi connectivity index (χ1v) is 5.59. The van der Waals surface area contributed by atoms with Crippen LogP contribution in [0.5, 0.6) is 0 Å². The third-order valence-electron chi connectivity index (χ3n) is 2.73. The number of benzene rings is 1. The van der Waals surface area contributed by atoms with Crippen molar-refractivity contribution in [2.45, 2.75) is 26.7 Å². The van der Waals surface area contributed by atoms with Gasteiger partial charge in [0.05, 0.1) is 0 Å². The molecule has 1 aromatic carbocycles. The van der Waals surface area contributed by atoms with Crippen LogP contribution in [0.2, 0.25) is 0 Å². The quantitative estimate of drug-likeness (QED) is 0.736. The Bertz CT molecular complexity index is 392. The van der Waals surface area contributed by atoms with E-state index in [0.717, 1.165) is 25.1 Å². The summed E-state index contributed by atoms with van der Waals surface area (Å²) in [5.74, 6) is 0.649. The molecule has 1 aliphatic heterocycles. The molecule has 0 amide bonds. The first-order valence-electron chi connectivity index (χ1n) is 5.59. The molecule has 0 fully saturated rings. The largest absolute Gasteiger partial charge is 0.399 e. The van der Waals surface area contributed by atoms with E-state index in [1.807, 2.05) is 6.07 Å². The molecular weight excluding hydrogens is 184 g/mol. The van der Waals surface area contributed by atoms with Crippen molar-refractivity contribution in [1.29, 1.82) is 0 Å². The summed E-state index contributed by atoms with van der Waals surface area (Å²) in [5, 5.41) is 0. The van der Waals surface area contributed by atoms with Crippen LogP contribution in [0, 0.1) is 5.92 Å². The second-order valence-corrected chi connectivity index (χ2v) is 4.59. The van der Waals surface area contributed by atoms with Gasteiger partial charge < -0.3 is 5.73 Å². The monoisotopic (exact) mass is 202 g/mol. The number of nitrogens with zero attached hydrogens (tertiary/aromatic N) is 1. The fourth-order valence-electron chi connectivity index (χ4n) is 2.04. The fourth-order valence-corrected chi connectivity index (χ4v) is 2.04. The van der Waals surface area contributed by atoms with Crippen LogP contribution in [0.1, 0.15) is 31.4 Å². The van der Waals surface area contributed by atoms with Crippen molar-refractivity contribution >= 4 is 11.4 Å². The highest BCUT2D eigenvalue weighted by atomic mass is 14.7. The Morgan fingerprint density at radius 3 is 2.93 bits per heavy atom. The normalized spacial score (nSPS) is 15.0. The second kappa shape index (κ2) is 4.05. The summed E-state index contributed by atoms with van der Waals surface area (Å²) in [5.41, 5.74) is 10.6. The molecule has 2 nitrogen and oxygen atoms in total. The number of nitrogens with two attached hydrogens (primary N) is 1. The Kier molecular flexibility index (Phi) is 2.76. The van der Waals surface area contributed by atoms with Crippen LogP contribution in [0.3, 0.4) is 0 Å². The molecule has 80 valence electrons. The van der Waals surface area contributed by atoms with Crippen molar-refractivity contribution in [3.05, 3.63) is 29.3 Å². The molecule has 0 atom stereocenters. The Balaban J connectivity index is 2.36. The van der Waals surface area contributed by atoms with E-state index in [-0.39, 0.29) is 0 Å². The van der Waals surface area contributed by atoms with Gasteiger partial charge in [-0.25, -0.2) is 0 Å². The van der Waals surface area contributed by atoms with Crippen LogP contribution in [0.25, 0.3) is 0 Å². The van der Waals surface area contributed by atoms with E-state index >= 15 is 0 Å². The van der Waals surface area contributed by atoms with Crippen molar-refractivity contribution in [3.63, 3.8) is 0 Å². The van der Waals surface area contributed by atoms with Crippen LogP contribution in [-0.2, 0) is 6.42 Å². The summed E-state index contributed by atoms with van der Waals surface area (Å²) in [7, 11) is 0. The lowest BCUT2D eigenvalue weighted by atomic mass is 9.92. The van der Waals surface area contributed by atoms with E-state index < -0.39 is 0 Å². The fraction of sp³-hybridized carbons (Fsp3) is 0.462. The summed E-state index contributed by atoms with van der Waals surface area (Å²) in [6.45, 7) is 5.38. The zero-order valence-electron chi connectivity index (χ0n) is 9.46. The standard InChI is InChI=1S/C13H18N2/c1-9(2)7-13-12-8-11(14)4-3-10(12)5-6-15-13/h3-4,8-9H,5-7,14H2,1-2H3. The van der Waals surface area contributed by atoms with Crippen LogP contribution >= 0.6 is 0 Å². The smallest absolute Gasteiger partial charge is 0.0433 e. The van der Waals surface area contributed by atoms with E-state index in [1.165, 1.54) is 16.8 Å². The van der Waals surface area contributed by atoms with E-state index in [0.29, 0.717) is 5.92 Å². The minimum atomic E-state index is 0.649. The van der Waals surface area contributed by atoms with Gasteiger partial charge in [0.1, 0.15) is 0 Å². The maximum atomic E-state index is 5.82. The second-order valence-electron chi connectivity index (χ2n) is 4.59. The zero-order valence-corrected chi connectivity index (χ0v) is 9.46. The van der Waals surface area contributed by atoms with Gasteiger partial charge >= 0.3 is 0 Å². The van der Waals surface area contributed by atoms with Crippen molar-refractivity contribution in [1.82, 2.24) is 0 Å². The highest BCUT2D eigenvalue weighted by Crippen LogP contribution is 2.22. The van der Waals surface area contributed by atoms with Crippen LogP contribution in [0.4, 0.5) is 5.69 Å². The molecule has 0 saturated heterocycles. The topological polar surface area (TPSA) is 38.4 Å². The van der Waals surface area contributed by atoms with E-state index in [2.05, 4.69) is 31.0 Å². The van der Waals surface area contributed by atoms with Gasteiger partial charge in [0.2, 0.25) is 0 Å². The van der Waals surface area contributed by atoms with Crippen molar-refractivity contribution in [2.24, 2.45) is 10.9 Å². The van der Waals surface area contributed by atoms with Gasteiger partial charge in [0.25, 0.3) is 0 Å². The average molecular weight is 202 g/mol. The Morgan fingerprint density at radius 1 is 1.40 bits per heavy atom. The molecule has 0 bridgehead atoms. The number of aliphatic imine (C=N–C) groups is 1. The number of rotatable bonds is 2. The minimum Gasteiger partial charge on any atom is -0.399 e. The maximum absolute atomic E-state index is 5.82. The zero-order chi connectivity index (χ0) is 10.8. The van der Waals surface area contributed by atoms with Crippen molar-refractivity contribution < 1.29 is 0 Å². The Morgan fingerprint density at radius 2 is 2.20 bits per heavy atom. The number of fused-ring (bicyclic) bond motifs is 1. The first kappa shape index (κ1) is 10.2. The van der Waals surface area contributed by atoms with Gasteiger partial charge in [0, 0.05) is 23.5 Å². The summed E-state index contributed by atoms with van der Waals surface area (Å²) >= 11 is 0. The molecule has 1 aliphatic rings. The third-order valence-corrected chi connectivity index (χ3v) is 2.73. The molecule has 1 aromatic rings. The summed E-state index contributed by atoms with van der Waals surface area (Å²) < 4.78 is 0. The van der Waals surface area contributed by atoms with Crippen molar-refractivity contribution in [3.8, 4) is 0 Å². The van der Waals surface area contributed by atoms with Crippen LogP contribution in [0.15, 0.2) is 23.2 Å². The average Bonchev–Trinajstić information content (AvgIpc) is 2.18. The molecule has 0 spiro atoms. The lowest BCUT2D eigenvalue weighted by molar-refractivity contribution is 0.679. The van der Waals surface area contributed by atoms with Gasteiger partial charge in [-0.2, -0.15) is 0 Å². The van der Waals surface area contributed by atoms with Crippen LogP contribution in [-0.4, -0.2) is 12.3 Å². The molecule has 0 radical (unpaired) electrons. The SMILES string of the molecule is CC(C)CC1=NCCc2ccc(N)cc21. The van der Waals surface area contributed by atoms with Gasteiger partial charge in [-0.3, -0.25) is 4.99 Å². The van der Waals surface area contributed by atoms with E-state index in [4.69, 9.17) is 5.73 Å².